The summed E-state index contributed by atoms with van der Waals surface area (Å²) in [6.45, 7) is 0. The van der Waals surface area contributed by atoms with Crippen molar-refractivity contribution in [3.63, 3.8) is 0 Å². The molecule has 19 heavy (non-hydrogen) atoms. The summed E-state index contributed by atoms with van der Waals surface area (Å²) >= 11 is 5.96. The van der Waals surface area contributed by atoms with Crippen LogP contribution >= 0.6 is 11.6 Å². The number of pyridine rings is 1. The number of rotatable bonds is 2. The van der Waals surface area contributed by atoms with Crippen LogP contribution in [0.1, 0.15) is 10.4 Å². The maximum atomic E-state index is 12.3. The Balaban J connectivity index is 2.39. The summed E-state index contributed by atoms with van der Waals surface area (Å²) in [7, 11) is 1.58. The summed E-state index contributed by atoms with van der Waals surface area (Å²) in [6.07, 6.45) is 3.00. The van der Waals surface area contributed by atoms with Gasteiger partial charge in [0.2, 0.25) is 0 Å². The summed E-state index contributed by atoms with van der Waals surface area (Å²) in [5, 5.41) is 9.70. The predicted octanol–water partition coefficient (Wildman–Crippen LogP) is 2.30. The molecule has 1 aromatic carbocycles. The van der Waals surface area contributed by atoms with Crippen molar-refractivity contribution in [3.05, 3.63) is 47.2 Å². The minimum Gasteiger partial charge on any atom is -0.508 e. The van der Waals surface area contributed by atoms with E-state index in [9.17, 15) is 9.90 Å². The van der Waals surface area contributed by atoms with E-state index >= 15 is 0 Å². The van der Waals surface area contributed by atoms with Gasteiger partial charge in [0, 0.05) is 13.2 Å². The topological polar surface area (TPSA) is 79.5 Å². The van der Waals surface area contributed by atoms with Crippen LogP contribution in [0.2, 0.25) is 5.02 Å². The van der Waals surface area contributed by atoms with Crippen molar-refractivity contribution in [1.82, 2.24) is 4.98 Å². The van der Waals surface area contributed by atoms with Gasteiger partial charge in [0.25, 0.3) is 5.91 Å². The van der Waals surface area contributed by atoms with Crippen molar-refractivity contribution in [2.24, 2.45) is 0 Å². The van der Waals surface area contributed by atoms with E-state index in [1.165, 1.54) is 29.3 Å². The van der Waals surface area contributed by atoms with Gasteiger partial charge < -0.3 is 15.7 Å². The summed E-state index contributed by atoms with van der Waals surface area (Å²) in [4.78, 5) is 17.5. The zero-order chi connectivity index (χ0) is 14.0. The Morgan fingerprint density at radius 2 is 2.16 bits per heavy atom. The highest BCUT2D eigenvalue weighted by atomic mass is 35.5. The molecule has 0 bridgehead atoms. The Bertz CT molecular complexity index is 631. The second-order valence-corrected chi connectivity index (χ2v) is 4.37. The van der Waals surface area contributed by atoms with E-state index in [1.54, 1.807) is 19.3 Å². The lowest BCUT2D eigenvalue weighted by atomic mass is 10.1. The third-order valence-electron chi connectivity index (χ3n) is 2.67. The van der Waals surface area contributed by atoms with Crippen molar-refractivity contribution in [2.45, 2.75) is 0 Å². The quantitative estimate of drug-likeness (QED) is 0.883. The Morgan fingerprint density at radius 3 is 2.84 bits per heavy atom. The smallest absolute Gasteiger partial charge is 0.259 e. The Morgan fingerprint density at radius 1 is 1.42 bits per heavy atom. The molecule has 6 heteroatoms. The van der Waals surface area contributed by atoms with Gasteiger partial charge >= 0.3 is 0 Å². The van der Waals surface area contributed by atoms with Crippen LogP contribution in [0.4, 0.5) is 11.4 Å². The van der Waals surface area contributed by atoms with Gasteiger partial charge in [0.15, 0.2) is 0 Å². The number of aromatic hydroxyl groups is 1. The monoisotopic (exact) mass is 277 g/mol. The van der Waals surface area contributed by atoms with Gasteiger partial charge in [-0.15, -0.1) is 0 Å². The summed E-state index contributed by atoms with van der Waals surface area (Å²) in [5.41, 5.74) is 6.89. The van der Waals surface area contributed by atoms with Gasteiger partial charge in [-0.05, 0) is 24.3 Å². The van der Waals surface area contributed by atoms with E-state index in [-0.39, 0.29) is 22.2 Å². The standard InChI is InChI=1S/C13H12ClN3O2/c1-17(12-4-5-16-7-11(12)15)13(19)9-6-8(18)2-3-10(9)14/h2-7,18H,15H2,1H3. The molecule has 3 N–H and O–H groups in total. The number of phenols is 1. The SMILES string of the molecule is CN(C(=O)c1cc(O)ccc1Cl)c1ccncc1N. The molecule has 0 aliphatic carbocycles. The molecule has 0 saturated carbocycles. The van der Waals surface area contributed by atoms with Gasteiger partial charge in [0.05, 0.1) is 28.2 Å². The zero-order valence-corrected chi connectivity index (χ0v) is 10.9. The maximum Gasteiger partial charge on any atom is 0.259 e. The highest BCUT2D eigenvalue weighted by Crippen LogP contribution is 2.26. The molecule has 0 fully saturated rings. The van der Waals surface area contributed by atoms with Gasteiger partial charge in [-0.1, -0.05) is 11.6 Å². The third-order valence-corrected chi connectivity index (χ3v) is 3.00. The largest absolute Gasteiger partial charge is 0.508 e. The number of aromatic nitrogens is 1. The van der Waals surface area contributed by atoms with Crippen LogP contribution < -0.4 is 10.6 Å². The minimum absolute atomic E-state index is 0.0242. The number of nitrogen functional groups attached to an aromatic ring is 1. The molecule has 0 unspecified atom stereocenters. The average molecular weight is 278 g/mol. The van der Waals surface area contributed by atoms with Gasteiger partial charge in [-0.25, -0.2) is 0 Å². The molecule has 1 heterocycles. The number of halogens is 1. The number of nitrogens with zero attached hydrogens (tertiary/aromatic N) is 2. The molecule has 2 rings (SSSR count). The van der Waals surface area contributed by atoms with E-state index in [4.69, 9.17) is 17.3 Å². The lowest BCUT2D eigenvalue weighted by Gasteiger charge is -2.19. The maximum absolute atomic E-state index is 12.3. The molecule has 1 amide bonds. The fourth-order valence-corrected chi connectivity index (χ4v) is 1.87. The lowest BCUT2D eigenvalue weighted by molar-refractivity contribution is 0.0993. The summed E-state index contributed by atoms with van der Waals surface area (Å²) in [5.74, 6) is -0.386. The molecule has 0 radical (unpaired) electrons. The number of benzene rings is 1. The predicted molar refractivity (Wildman–Crippen MR) is 74.5 cm³/mol. The fourth-order valence-electron chi connectivity index (χ4n) is 1.67. The van der Waals surface area contributed by atoms with Crippen LogP contribution in [0.15, 0.2) is 36.7 Å². The summed E-state index contributed by atoms with van der Waals surface area (Å²) in [6, 6.07) is 5.83. The third kappa shape index (κ3) is 2.61. The van der Waals surface area contributed by atoms with E-state index < -0.39 is 0 Å². The first kappa shape index (κ1) is 13.2. The number of carbonyl (C=O) groups is 1. The molecule has 5 nitrogen and oxygen atoms in total. The van der Waals surface area contributed by atoms with Crippen molar-refractivity contribution >= 4 is 28.9 Å². The van der Waals surface area contributed by atoms with Crippen molar-refractivity contribution < 1.29 is 9.90 Å². The molecule has 0 saturated heterocycles. The number of carbonyl (C=O) groups excluding carboxylic acids is 1. The Labute approximate surface area is 115 Å². The van der Waals surface area contributed by atoms with Gasteiger partial charge in [0.1, 0.15) is 5.75 Å². The molecule has 0 spiro atoms. The number of hydrogen-bond acceptors (Lipinski definition) is 4. The summed E-state index contributed by atoms with van der Waals surface area (Å²) < 4.78 is 0. The molecular formula is C13H12ClN3O2. The molecule has 2 aromatic rings. The van der Waals surface area contributed by atoms with Gasteiger partial charge in [-0.3, -0.25) is 9.78 Å². The van der Waals surface area contributed by atoms with E-state index in [0.29, 0.717) is 11.4 Å². The van der Waals surface area contributed by atoms with E-state index in [0.717, 1.165) is 0 Å². The van der Waals surface area contributed by atoms with E-state index in [1.807, 2.05) is 0 Å². The van der Waals surface area contributed by atoms with Crippen LogP contribution in [0.25, 0.3) is 0 Å². The van der Waals surface area contributed by atoms with Crippen molar-refractivity contribution in [2.75, 3.05) is 17.7 Å². The van der Waals surface area contributed by atoms with Crippen LogP contribution in [0, 0.1) is 0 Å². The van der Waals surface area contributed by atoms with Crippen LogP contribution in [0.3, 0.4) is 0 Å². The first-order chi connectivity index (χ1) is 9.00. The van der Waals surface area contributed by atoms with E-state index in [2.05, 4.69) is 4.98 Å². The van der Waals surface area contributed by atoms with Crippen LogP contribution in [-0.2, 0) is 0 Å². The second kappa shape index (κ2) is 5.16. The highest BCUT2D eigenvalue weighted by molar-refractivity contribution is 6.34. The van der Waals surface area contributed by atoms with Crippen LogP contribution in [-0.4, -0.2) is 23.0 Å². The lowest BCUT2D eigenvalue weighted by Crippen LogP contribution is -2.27. The molecule has 0 aliphatic heterocycles. The number of anilines is 2. The minimum atomic E-state index is -0.362. The number of amides is 1. The molecule has 0 atom stereocenters. The molecule has 1 aromatic heterocycles. The Hall–Kier alpha value is -2.27. The van der Waals surface area contributed by atoms with Crippen molar-refractivity contribution in [1.29, 1.82) is 0 Å². The van der Waals surface area contributed by atoms with Crippen molar-refractivity contribution in [3.8, 4) is 5.75 Å². The first-order valence-corrected chi connectivity index (χ1v) is 5.84. The fraction of sp³-hybridized carbons (Fsp3) is 0.0769. The zero-order valence-electron chi connectivity index (χ0n) is 10.2. The number of phenolic OH excluding ortho intramolecular Hbond substituents is 1. The Kier molecular flexibility index (Phi) is 3.57. The number of nitrogens with two attached hydrogens (primary N) is 1. The second-order valence-electron chi connectivity index (χ2n) is 3.96. The van der Waals surface area contributed by atoms with Crippen LogP contribution in [0.5, 0.6) is 5.75 Å². The number of hydrogen-bond donors (Lipinski definition) is 2. The first-order valence-electron chi connectivity index (χ1n) is 5.46. The average Bonchev–Trinajstić information content (AvgIpc) is 2.40. The highest BCUT2D eigenvalue weighted by Gasteiger charge is 2.18. The molecule has 98 valence electrons. The van der Waals surface area contributed by atoms with Gasteiger partial charge in [-0.2, -0.15) is 0 Å². The molecular weight excluding hydrogens is 266 g/mol. The normalized spacial score (nSPS) is 10.2. The molecule has 0 aliphatic rings.